The smallest absolute Gasteiger partial charge is 0.275 e. The summed E-state index contributed by atoms with van der Waals surface area (Å²) in [5.74, 6) is -0.220. The van der Waals surface area contributed by atoms with Crippen molar-refractivity contribution < 1.29 is 4.79 Å². The van der Waals surface area contributed by atoms with E-state index in [1.807, 2.05) is 55.7 Å². The number of carbonyl (C=O) groups excluding carboxylic acids is 1. The van der Waals surface area contributed by atoms with E-state index in [4.69, 9.17) is 0 Å². The summed E-state index contributed by atoms with van der Waals surface area (Å²) in [6, 6.07) is 18.0. The Morgan fingerprint density at radius 2 is 1.87 bits per heavy atom. The number of carbonyl (C=O) groups is 1. The van der Waals surface area contributed by atoms with Crippen LogP contribution in [0.5, 0.6) is 0 Å². The van der Waals surface area contributed by atoms with Crippen LogP contribution in [-0.4, -0.2) is 20.4 Å². The average molecular weight is 431 g/mol. The second-order valence-corrected chi connectivity index (χ2v) is 8.89. The summed E-state index contributed by atoms with van der Waals surface area (Å²) >= 11 is 3.08. The van der Waals surface area contributed by atoms with Crippen molar-refractivity contribution in [1.82, 2.24) is 14.5 Å². The van der Waals surface area contributed by atoms with Crippen molar-refractivity contribution in [1.29, 1.82) is 0 Å². The van der Waals surface area contributed by atoms with Crippen LogP contribution in [0.25, 0.3) is 32.9 Å². The molecule has 148 valence electrons. The predicted molar refractivity (Wildman–Crippen MR) is 124 cm³/mol. The second-order valence-electron chi connectivity index (χ2n) is 6.97. The van der Waals surface area contributed by atoms with Gasteiger partial charge in [0.1, 0.15) is 10.7 Å². The van der Waals surface area contributed by atoms with Crippen molar-refractivity contribution >= 4 is 45.2 Å². The molecule has 1 N–H and O–H groups in total. The van der Waals surface area contributed by atoms with E-state index in [0.717, 1.165) is 43.6 Å². The first kappa shape index (κ1) is 18.7. The van der Waals surface area contributed by atoms with Gasteiger partial charge in [-0.1, -0.05) is 30.3 Å². The van der Waals surface area contributed by atoms with Crippen molar-refractivity contribution in [3.8, 4) is 22.0 Å². The summed E-state index contributed by atoms with van der Waals surface area (Å²) in [5, 5.41) is 9.78. The normalized spacial score (nSPS) is 11.1. The highest BCUT2D eigenvalue weighted by atomic mass is 32.1. The van der Waals surface area contributed by atoms with Gasteiger partial charge in [0.15, 0.2) is 0 Å². The molecular formula is C23H18N4OS2. The van der Waals surface area contributed by atoms with Gasteiger partial charge in [0.25, 0.3) is 5.91 Å². The topological polar surface area (TPSA) is 59.8 Å². The third-order valence-corrected chi connectivity index (χ3v) is 6.58. The van der Waals surface area contributed by atoms with Crippen molar-refractivity contribution in [3.05, 3.63) is 76.1 Å². The number of nitrogens with one attached hydrogen (secondary N) is 1. The summed E-state index contributed by atoms with van der Waals surface area (Å²) < 4.78 is 2.11. The fourth-order valence-corrected chi connectivity index (χ4v) is 4.91. The lowest BCUT2D eigenvalue weighted by molar-refractivity contribution is 0.102. The van der Waals surface area contributed by atoms with E-state index in [9.17, 15) is 4.79 Å². The van der Waals surface area contributed by atoms with Gasteiger partial charge < -0.3 is 9.88 Å². The monoisotopic (exact) mass is 430 g/mol. The molecule has 0 saturated heterocycles. The Kier molecular flexibility index (Phi) is 4.69. The maximum Gasteiger partial charge on any atom is 0.275 e. The van der Waals surface area contributed by atoms with Crippen molar-refractivity contribution in [3.63, 3.8) is 0 Å². The standard InChI is InChI=1S/C23H18N4OS2/c1-14-24-18(12-29-14)15-7-5-8-17(10-15)25-22(28)19-13-30-23(26-19)21-11-16-6-3-4-9-20(16)27(21)2/h3-13H,1-2H3,(H,25,28). The zero-order valence-corrected chi connectivity index (χ0v) is 18.1. The maximum absolute atomic E-state index is 12.8. The van der Waals surface area contributed by atoms with E-state index in [-0.39, 0.29) is 5.91 Å². The number of rotatable bonds is 4. The molecule has 1 amide bonds. The van der Waals surface area contributed by atoms with Crippen molar-refractivity contribution in [2.45, 2.75) is 6.92 Å². The van der Waals surface area contributed by atoms with E-state index < -0.39 is 0 Å². The number of hydrogen-bond acceptors (Lipinski definition) is 5. The minimum Gasteiger partial charge on any atom is -0.342 e. The number of para-hydroxylation sites is 1. The number of hydrogen-bond donors (Lipinski definition) is 1. The van der Waals surface area contributed by atoms with Crippen LogP contribution in [0.3, 0.4) is 0 Å². The molecule has 7 heteroatoms. The van der Waals surface area contributed by atoms with E-state index in [1.54, 1.807) is 16.7 Å². The summed E-state index contributed by atoms with van der Waals surface area (Å²) in [5.41, 5.74) is 5.17. The molecule has 30 heavy (non-hydrogen) atoms. The molecule has 5 aromatic rings. The molecule has 5 rings (SSSR count). The third-order valence-electron chi connectivity index (χ3n) is 4.94. The Morgan fingerprint density at radius 1 is 1.00 bits per heavy atom. The number of benzene rings is 2. The first-order valence-electron chi connectivity index (χ1n) is 9.43. The summed E-state index contributed by atoms with van der Waals surface area (Å²) in [6.07, 6.45) is 0. The molecule has 0 radical (unpaired) electrons. The van der Waals surface area contributed by atoms with E-state index >= 15 is 0 Å². The van der Waals surface area contributed by atoms with E-state index in [0.29, 0.717) is 5.69 Å². The van der Waals surface area contributed by atoms with Crippen LogP contribution in [0, 0.1) is 6.92 Å². The molecule has 5 nitrogen and oxygen atoms in total. The lowest BCUT2D eigenvalue weighted by Crippen LogP contribution is -2.12. The Bertz CT molecular complexity index is 1380. The lowest BCUT2D eigenvalue weighted by atomic mass is 10.1. The first-order chi connectivity index (χ1) is 14.6. The van der Waals surface area contributed by atoms with Gasteiger partial charge in [0, 0.05) is 40.0 Å². The quantitative estimate of drug-likeness (QED) is 0.381. The van der Waals surface area contributed by atoms with Crippen LogP contribution in [0.1, 0.15) is 15.5 Å². The highest BCUT2D eigenvalue weighted by Gasteiger charge is 2.15. The third kappa shape index (κ3) is 3.42. The minimum absolute atomic E-state index is 0.220. The van der Waals surface area contributed by atoms with Gasteiger partial charge in [-0.15, -0.1) is 22.7 Å². The summed E-state index contributed by atoms with van der Waals surface area (Å²) in [6.45, 7) is 1.98. The number of aryl methyl sites for hydroxylation is 2. The van der Waals surface area contributed by atoms with Crippen LogP contribution >= 0.6 is 22.7 Å². The molecule has 0 spiro atoms. The molecule has 3 aromatic heterocycles. The average Bonchev–Trinajstić information content (AvgIpc) is 3.48. The van der Waals surface area contributed by atoms with Gasteiger partial charge in [-0.05, 0) is 31.2 Å². The Morgan fingerprint density at radius 3 is 2.67 bits per heavy atom. The molecule has 0 fully saturated rings. The number of nitrogens with zero attached hydrogens (tertiary/aromatic N) is 3. The number of aromatic nitrogens is 3. The van der Waals surface area contributed by atoms with E-state index in [2.05, 4.69) is 38.1 Å². The molecule has 2 aromatic carbocycles. The maximum atomic E-state index is 12.8. The van der Waals surface area contributed by atoms with Gasteiger partial charge in [-0.2, -0.15) is 0 Å². The Balaban J connectivity index is 1.39. The lowest BCUT2D eigenvalue weighted by Gasteiger charge is -2.05. The zero-order valence-electron chi connectivity index (χ0n) is 16.4. The second kappa shape index (κ2) is 7.51. The van der Waals surface area contributed by atoms with E-state index in [1.165, 1.54) is 11.3 Å². The van der Waals surface area contributed by atoms with Crippen molar-refractivity contribution in [2.24, 2.45) is 7.05 Å². The number of fused-ring (bicyclic) bond motifs is 1. The Labute approximate surface area is 181 Å². The minimum atomic E-state index is -0.220. The largest absolute Gasteiger partial charge is 0.342 e. The molecule has 0 saturated carbocycles. The van der Waals surface area contributed by atoms with Crippen LogP contribution in [0.15, 0.2) is 65.4 Å². The van der Waals surface area contributed by atoms with Crippen LogP contribution in [-0.2, 0) is 7.05 Å². The predicted octanol–water partition coefficient (Wildman–Crippen LogP) is 5.99. The fraction of sp³-hybridized carbons (Fsp3) is 0.0870. The summed E-state index contributed by atoms with van der Waals surface area (Å²) in [7, 11) is 2.02. The number of anilines is 1. The molecule has 0 aliphatic heterocycles. The molecule has 0 aliphatic rings. The van der Waals surface area contributed by atoms with Gasteiger partial charge in [-0.25, -0.2) is 9.97 Å². The highest BCUT2D eigenvalue weighted by molar-refractivity contribution is 7.13. The molecule has 0 aliphatic carbocycles. The van der Waals surface area contributed by atoms with Crippen molar-refractivity contribution in [2.75, 3.05) is 5.32 Å². The summed E-state index contributed by atoms with van der Waals surface area (Å²) in [4.78, 5) is 21.9. The van der Waals surface area contributed by atoms with Crippen LogP contribution < -0.4 is 5.32 Å². The Hall–Kier alpha value is -3.29. The molecule has 0 bridgehead atoms. The highest BCUT2D eigenvalue weighted by Crippen LogP contribution is 2.30. The van der Waals surface area contributed by atoms with Crippen LogP contribution in [0.4, 0.5) is 5.69 Å². The van der Waals surface area contributed by atoms with Gasteiger partial charge in [-0.3, -0.25) is 4.79 Å². The fourth-order valence-electron chi connectivity index (χ4n) is 3.44. The number of amides is 1. The molecule has 3 heterocycles. The first-order valence-corrected chi connectivity index (χ1v) is 11.2. The van der Waals surface area contributed by atoms with Crippen LogP contribution in [0.2, 0.25) is 0 Å². The molecule has 0 unspecified atom stereocenters. The number of thiazole rings is 2. The zero-order chi connectivity index (χ0) is 20.7. The molecular weight excluding hydrogens is 412 g/mol. The van der Waals surface area contributed by atoms with Gasteiger partial charge in [0.2, 0.25) is 0 Å². The van der Waals surface area contributed by atoms with Gasteiger partial charge in [0.05, 0.1) is 16.4 Å². The molecule has 0 atom stereocenters. The SMILES string of the molecule is Cc1nc(-c2cccc(NC(=O)c3csc(-c4cc5ccccc5n4C)n3)c2)cs1. The van der Waals surface area contributed by atoms with Gasteiger partial charge >= 0.3 is 0 Å².